The normalized spacial score (nSPS) is 11.4. The Kier molecular flexibility index (Phi) is 6.24. The number of benzene rings is 2. The third-order valence-electron chi connectivity index (χ3n) is 3.85. The summed E-state index contributed by atoms with van der Waals surface area (Å²) in [5.74, 6) is 0.274. The second-order valence-corrected chi connectivity index (χ2v) is 6.39. The lowest BCUT2D eigenvalue weighted by atomic mass is 10.2. The van der Waals surface area contributed by atoms with Gasteiger partial charge in [-0.3, -0.25) is 14.6 Å². The molecule has 1 aromatic heterocycles. The van der Waals surface area contributed by atoms with Crippen LogP contribution in [0.25, 0.3) is 0 Å². The number of anilines is 1. The SMILES string of the molecule is CC(NC(=O)c1ccc(Oc2ccncc2)c(Cl)c1)C(=O)Nc1ccccc1. The topological polar surface area (TPSA) is 80.3 Å². The smallest absolute Gasteiger partial charge is 0.251 e. The Bertz CT molecular complexity index is 965. The summed E-state index contributed by atoms with van der Waals surface area (Å²) in [6.45, 7) is 1.61. The first kappa shape index (κ1) is 19.4. The van der Waals surface area contributed by atoms with Crippen molar-refractivity contribution < 1.29 is 14.3 Å². The molecule has 6 nitrogen and oxygen atoms in total. The lowest BCUT2D eigenvalue weighted by Crippen LogP contribution is -2.41. The molecule has 2 N–H and O–H groups in total. The van der Waals surface area contributed by atoms with Gasteiger partial charge in [-0.25, -0.2) is 0 Å². The van der Waals surface area contributed by atoms with Gasteiger partial charge in [0.2, 0.25) is 5.91 Å². The molecule has 1 atom stereocenters. The van der Waals surface area contributed by atoms with Gasteiger partial charge >= 0.3 is 0 Å². The standard InChI is InChI=1S/C21H18ClN3O3/c1-14(20(26)25-16-5-3-2-4-6-16)24-21(27)15-7-8-19(18(22)13-15)28-17-9-11-23-12-10-17/h2-14H,1H3,(H,24,27)(H,25,26). The number of nitrogens with one attached hydrogen (secondary N) is 2. The Morgan fingerprint density at radius 3 is 2.43 bits per heavy atom. The second kappa shape index (κ2) is 9.01. The highest BCUT2D eigenvalue weighted by Gasteiger charge is 2.18. The van der Waals surface area contributed by atoms with Crippen LogP contribution in [0.15, 0.2) is 73.1 Å². The van der Waals surface area contributed by atoms with Gasteiger partial charge in [-0.1, -0.05) is 29.8 Å². The van der Waals surface area contributed by atoms with Crippen LogP contribution in [0, 0.1) is 0 Å². The third-order valence-corrected chi connectivity index (χ3v) is 4.15. The molecule has 0 aliphatic rings. The summed E-state index contributed by atoms with van der Waals surface area (Å²) >= 11 is 6.23. The zero-order valence-electron chi connectivity index (χ0n) is 15.1. The molecule has 0 saturated heterocycles. The average Bonchev–Trinajstić information content (AvgIpc) is 2.71. The van der Waals surface area contributed by atoms with Crippen molar-refractivity contribution in [2.24, 2.45) is 0 Å². The van der Waals surface area contributed by atoms with E-state index in [9.17, 15) is 9.59 Å². The number of rotatable bonds is 6. The number of amides is 2. The van der Waals surface area contributed by atoms with E-state index in [-0.39, 0.29) is 10.9 Å². The number of para-hydroxylation sites is 1. The molecule has 142 valence electrons. The van der Waals surface area contributed by atoms with E-state index in [2.05, 4.69) is 15.6 Å². The summed E-state index contributed by atoms with van der Waals surface area (Å²) < 4.78 is 5.66. The fraction of sp³-hybridized carbons (Fsp3) is 0.0952. The van der Waals surface area contributed by atoms with Gasteiger partial charge in [0.15, 0.2) is 0 Å². The number of hydrogen-bond donors (Lipinski definition) is 2. The van der Waals surface area contributed by atoms with E-state index in [4.69, 9.17) is 16.3 Å². The number of carbonyl (C=O) groups excluding carboxylic acids is 2. The van der Waals surface area contributed by atoms with Crippen LogP contribution in [0.2, 0.25) is 5.02 Å². The number of aromatic nitrogens is 1. The van der Waals surface area contributed by atoms with Crippen LogP contribution in [0.4, 0.5) is 5.69 Å². The number of pyridine rings is 1. The molecule has 0 spiro atoms. The quantitative estimate of drug-likeness (QED) is 0.652. The van der Waals surface area contributed by atoms with E-state index in [1.807, 2.05) is 18.2 Å². The van der Waals surface area contributed by atoms with Crippen LogP contribution in [0.5, 0.6) is 11.5 Å². The molecule has 28 heavy (non-hydrogen) atoms. The van der Waals surface area contributed by atoms with Crippen LogP contribution < -0.4 is 15.4 Å². The van der Waals surface area contributed by atoms with Gasteiger partial charge in [0.25, 0.3) is 5.91 Å². The van der Waals surface area contributed by atoms with E-state index in [0.717, 1.165) is 0 Å². The maximum absolute atomic E-state index is 12.4. The molecule has 0 saturated carbocycles. The number of ether oxygens (including phenoxy) is 1. The maximum atomic E-state index is 12.4. The Balaban J connectivity index is 1.62. The summed E-state index contributed by atoms with van der Waals surface area (Å²) in [5, 5.41) is 5.68. The van der Waals surface area contributed by atoms with E-state index in [0.29, 0.717) is 22.7 Å². The van der Waals surface area contributed by atoms with Crippen LogP contribution >= 0.6 is 11.6 Å². The lowest BCUT2D eigenvalue weighted by Gasteiger charge is -2.15. The number of carbonyl (C=O) groups is 2. The van der Waals surface area contributed by atoms with Crippen molar-refractivity contribution in [2.45, 2.75) is 13.0 Å². The van der Waals surface area contributed by atoms with Crippen LogP contribution in [-0.2, 0) is 4.79 Å². The molecule has 1 heterocycles. The molecular formula is C21H18ClN3O3. The predicted molar refractivity (Wildman–Crippen MR) is 108 cm³/mol. The molecule has 0 radical (unpaired) electrons. The largest absolute Gasteiger partial charge is 0.456 e. The van der Waals surface area contributed by atoms with Crippen molar-refractivity contribution >= 4 is 29.1 Å². The molecule has 2 amide bonds. The van der Waals surface area contributed by atoms with Crippen molar-refractivity contribution in [1.29, 1.82) is 0 Å². The van der Waals surface area contributed by atoms with Gasteiger partial charge in [0.05, 0.1) is 5.02 Å². The van der Waals surface area contributed by atoms with Gasteiger partial charge in [0, 0.05) is 23.6 Å². The monoisotopic (exact) mass is 395 g/mol. The van der Waals surface area contributed by atoms with Crippen LogP contribution in [0.3, 0.4) is 0 Å². The minimum Gasteiger partial charge on any atom is -0.456 e. The first-order valence-corrected chi connectivity index (χ1v) is 8.95. The zero-order valence-corrected chi connectivity index (χ0v) is 15.8. The molecule has 3 aromatic rings. The average molecular weight is 396 g/mol. The van der Waals surface area contributed by atoms with E-state index in [1.165, 1.54) is 6.07 Å². The van der Waals surface area contributed by atoms with Gasteiger partial charge in [0.1, 0.15) is 17.5 Å². The van der Waals surface area contributed by atoms with Gasteiger partial charge < -0.3 is 15.4 Å². The molecule has 7 heteroatoms. The number of halogens is 1. The van der Waals surface area contributed by atoms with Crippen molar-refractivity contribution in [3.05, 3.63) is 83.6 Å². The van der Waals surface area contributed by atoms with Crippen molar-refractivity contribution in [3.8, 4) is 11.5 Å². The molecule has 0 fully saturated rings. The van der Waals surface area contributed by atoms with Crippen molar-refractivity contribution in [1.82, 2.24) is 10.3 Å². The molecule has 3 rings (SSSR count). The Morgan fingerprint density at radius 1 is 1.04 bits per heavy atom. The van der Waals surface area contributed by atoms with Crippen LogP contribution in [-0.4, -0.2) is 22.8 Å². The fourth-order valence-electron chi connectivity index (χ4n) is 2.38. The molecule has 2 aromatic carbocycles. The minimum atomic E-state index is -0.723. The summed E-state index contributed by atoms with van der Waals surface area (Å²) in [6, 6.07) is 16.4. The Morgan fingerprint density at radius 2 is 1.75 bits per heavy atom. The third kappa shape index (κ3) is 5.08. The fourth-order valence-corrected chi connectivity index (χ4v) is 2.59. The summed E-state index contributed by atoms with van der Waals surface area (Å²) in [7, 11) is 0. The molecule has 0 aliphatic heterocycles. The van der Waals surface area contributed by atoms with Crippen LogP contribution in [0.1, 0.15) is 17.3 Å². The number of nitrogens with zero attached hydrogens (tertiary/aromatic N) is 1. The highest BCUT2D eigenvalue weighted by atomic mass is 35.5. The number of hydrogen-bond acceptors (Lipinski definition) is 4. The van der Waals surface area contributed by atoms with E-state index in [1.54, 1.807) is 55.7 Å². The van der Waals surface area contributed by atoms with Gasteiger partial charge in [-0.2, -0.15) is 0 Å². The molecule has 1 unspecified atom stereocenters. The molecular weight excluding hydrogens is 378 g/mol. The summed E-state index contributed by atoms with van der Waals surface area (Å²) in [6.07, 6.45) is 3.21. The first-order chi connectivity index (χ1) is 13.5. The van der Waals surface area contributed by atoms with E-state index < -0.39 is 11.9 Å². The van der Waals surface area contributed by atoms with Gasteiger partial charge in [-0.05, 0) is 49.4 Å². The highest BCUT2D eigenvalue weighted by Crippen LogP contribution is 2.29. The minimum absolute atomic E-state index is 0.283. The zero-order chi connectivity index (χ0) is 19.9. The second-order valence-electron chi connectivity index (χ2n) is 5.98. The molecule has 0 bridgehead atoms. The lowest BCUT2D eigenvalue weighted by molar-refractivity contribution is -0.117. The highest BCUT2D eigenvalue weighted by molar-refractivity contribution is 6.32. The van der Waals surface area contributed by atoms with E-state index >= 15 is 0 Å². The summed E-state index contributed by atoms with van der Waals surface area (Å²) in [4.78, 5) is 28.6. The van der Waals surface area contributed by atoms with Gasteiger partial charge in [-0.15, -0.1) is 0 Å². The maximum Gasteiger partial charge on any atom is 0.251 e. The first-order valence-electron chi connectivity index (χ1n) is 8.57. The van der Waals surface area contributed by atoms with Crippen molar-refractivity contribution in [2.75, 3.05) is 5.32 Å². The predicted octanol–water partition coefficient (Wildman–Crippen LogP) is 4.28. The summed E-state index contributed by atoms with van der Waals surface area (Å²) in [5.41, 5.74) is 0.987. The van der Waals surface area contributed by atoms with Crippen molar-refractivity contribution in [3.63, 3.8) is 0 Å². The Hall–Kier alpha value is -3.38. The Labute approximate surface area is 167 Å². The molecule has 0 aliphatic carbocycles.